The van der Waals surface area contributed by atoms with Crippen molar-refractivity contribution < 1.29 is 9.63 Å². The third-order valence-corrected chi connectivity index (χ3v) is 4.10. The first-order valence-corrected chi connectivity index (χ1v) is 8.21. The quantitative estimate of drug-likeness (QED) is 0.689. The van der Waals surface area contributed by atoms with Crippen molar-refractivity contribution in [3.05, 3.63) is 0 Å². The minimum absolute atomic E-state index is 0.211. The number of carbonyl (C=O) groups excluding carboxylic acids is 1. The highest BCUT2D eigenvalue weighted by molar-refractivity contribution is 5.81. The smallest absolute Gasteiger partial charge is 0.136 e. The Morgan fingerprint density at radius 2 is 1.60 bits per heavy atom. The molecular formula is C17H33NO2. The second kappa shape index (κ2) is 7.04. The first kappa shape index (κ1) is 17.6. The van der Waals surface area contributed by atoms with E-state index in [9.17, 15) is 4.79 Å². The van der Waals surface area contributed by atoms with Crippen molar-refractivity contribution in [1.82, 2.24) is 5.06 Å². The molecule has 20 heavy (non-hydrogen) atoms. The number of Topliss-reactive ketones (excluding diaryl/α,β-unsaturated/α-hetero) is 1. The van der Waals surface area contributed by atoms with E-state index in [2.05, 4.69) is 46.6 Å². The Labute approximate surface area is 125 Å². The van der Waals surface area contributed by atoms with Crippen LogP contribution in [0.3, 0.4) is 0 Å². The van der Waals surface area contributed by atoms with Crippen LogP contribution < -0.4 is 0 Å². The molecule has 0 aliphatic carbocycles. The molecule has 0 spiro atoms. The first-order valence-electron chi connectivity index (χ1n) is 8.21. The van der Waals surface area contributed by atoms with Crippen LogP contribution in [-0.4, -0.2) is 28.0 Å². The van der Waals surface area contributed by atoms with Crippen LogP contribution in [0.2, 0.25) is 0 Å². The van der Waals surface area contributed by atoms with Gasteiger partial charge in [-0.25, -0.2) is 0 Å². The minimum atomic E-state index is -0.211. The van der Waals surface area contributed by atoms with E-state index >= 15 is 0 Å². The van der Waals surface area contributed by atoms with E-state index in [1.807, 2.05) is 0 Å². The SMILES string of the molecule is CCCCC(CCC)ON1C(C)(C)CC(=O)CC1(C)C. The number of piperidine rings is 1. The summed E-state index contributed by atoms with van der Waals surface area (Å²) in [6.07, 6.45) is 7.21. The second-order valence-corrected chi connectivity index (χ2v) is 7.47. The number of unbranched alkanes of at least 4 members (excludes halogenated alkanes) is 1. The number of hydrogen-bond acceptors (Lipinski definition) is 3. The van der Waals surface area contributed by atoms with Gasteiger partial charge in [-0.1, -0.05) is 33.1 Å². The molecule has 1 saturated heterocycles. The molecule has 1 rings (SSSR count). The van der Waals surface area contributed by atoms with Crippen molar-refractivity contribution in [3.63, 3.8) is 0 Å². The van der Waals surface area contributed by atoms with Crippen LogP contribution in [0.4, 0.5) is 0 Å². The lowest BCUT2D eigenvalue weighted by atomic mass is 9.81. The maximum Gasteiger partial charge on any atom is 0.136 e. The fraction of sp³-hybridized carbons (Fsp3) is 0.941. The van der Waals surface area contributed by atoms with Gasteiger partial charge in [-0.2, -0.15) is 5.06 Å². The Balaban J connectivity index is 2.81. The second-order valence-electron chi connectivity index (χ2n) is 7.47. The largest absolute Gasteiger partial charge is 0.300 e. The number of carbonyl (C=O) groups is 1. The van der Waals surface area contributed by atoms with Gasteiger partial charge in [0.2, 0.25) is 0 Å². The molecule has 0 saturated carbocycles. The normalized spacial score (nSPS) is 23.8. The van der Waals surface area contributed by atoms with Crippen LogP contribution in [-0.2, 0) is 9.63 Å². The van der Waals surface area contributed by atoms with Gasteiger partial charge < -0.3 is 0 Å². The summed E-state index contributed by atoms with van der Waals surface area (Å²) < 4.78 is 0. The van der Waals surface area contributed by atoms with Gasteiger partial charge >= 0.3 is 0 Å². The Morgan fingerprint density at radius 1 is 1.05 bits per heavy atom. The number of nitrogens with zero attached hydrogens (tertiary/aromatic N) is 1. The molecular weight excluding hydrogens is 250 g/mol. The van der Waals surface area contributed by atoms with Gasteiger partial charge in [-0.3, -0.25) is 9.63 Å². The Bertz CT molecular complexity index is 303. The van der Waals surface area contributed by atoms with Crippen molar-refractivity contribution >= 4 is 5.78 Å². The molecule has 0 bridgehead atoms. The maximum absolute atomic E-state index is 11.9. The molecule has 118 valence electrons. The van der Waals surface area contributed by atoms with E-state index in [-0.39, 0.29) is 17.2 Å². The van der Waals surface area contributed by atoms with E-state index in [0.29, 0.717) is 18.6 Å². The Morgan fingerprint density at radius 3 is 2.05 bits per heavy atom. The zero-order valence-electron chi connectivity index (χ0n) is 14.3. The predicted octanol–water partition coefficient (Wildman–Crippen LogP) is 4.50. The van der Waals surface area contributed by atoms with Crippen molar-refractivity contribution in [1.29, 1.82) is 0 Å². The third-order valence-electron chi connectivity index (χ3n) is 4.10. The molecule has 1 fully saturated rings. The van der Waals surface area contributed by atoms with Crippen LogP contribution in [0.1, 0.15) is 86.5 Å². The van der Waals surface area contributed by atoms with E-state index in [4.69, 9.17) is 4.84 Å². The highest BCUT2D eigenvalue weighted by atomic mass is 16.7. The number of hydroxylamine groups is 2. The van der Waals surface area contributed by atoms with E-state index in [1.54, 1.807) is 0 Å². The maximum atomic E-state index is 11.9. The number of hydrogen-bond donors (Lipinski definition) is 0. The molecule has 1 aliphatic heterocycles. The van der Waals surface area contributed by atoms with Crippen molar-refractivity contribution in [2.24, 2.45) is 0 Å². The average molecular weight is 283 g/mol. The zero-order valence-corrected chi connectivity index (χ0v) is 14.3. The standard InChI is InChI=1S/C17H33NO2/c1-7-9-11-15(10-8-2)20-18-16(3,4)12-14(19)13-17(18,5)6/h15H,7-13H2,1-6H3. The van der Waals surface area contributed by atoms with Crippen LogP contribution in [0, 0.1) is 0 Å². The Kier molecular flexibility index (Phi) is 6.21. The van der Waals surface area contributed by atoms with Gasteiger partial charge in [0.15, 0.2) is 0 Å². The third kappa shape index (κ3) is 4.56. The molecule has 0 aromatic carbocycles. The molecule has 0 aromatic rings. The molecule has 0 N–H and O–H groups in total. The molecule has 1 aliphatic rings. The minimum Gasteiger partial charge on any atom is -0.300 e. The molecule has 1 unspecified atom stereocenters. The predicted molar refractivity (Wildman–Crippen MR) is 83.5 cm³/mol. The summed E-state index contributed by atoms with van der Waals surface area (Å²) in [4.78, 5) is 18.3. The van der Waals surface area contributed by atoms with Gasteiger partial charge in [0.05, 0.1) is 6.10 Å². The van der Waals surface area contributed by atoms with Crippen LogP contribution >= 0.6 is 0 Å². The number of ketones is 1. The highest BCUT2D eigenvalue weighted by Crippen LogP contribution is 2.38. The van der Waals surface area contributed by atoms with E-state index < -0.39 is 0 Å². The summed E-state index contributed by atoms with van der Waals surface area (Å²) in [6.45, 7) is 12.9. The monoisotopic (exact) mass is 283 g/mol. The van der Waals surface area contributed by atoms with Gasteiger partial charge in [0.1, 0.15) is 5.78 Å². The molecule has 0 amide bonds. The topological polar surface area (TPSA) is 29.5 Å². The van der Waals surface area contributed by atoms with Crippen molar-refractivity contribution in [3.8, 4) is 0 Å². The summed E-state index contributed by atoms with van der Waals surface area (Å²) >= 11 is 0. The molecule has 3 nitrogen and oxygen atoms in total. The lowest BCUT2D eigenvalue weighted by molar-refractivity contribution is -0.300. The highest BCUT2D eigenvalue weighted by Gasteiger charge is 2.46. The molecule has 0 aromatic heterocycles. The first-order chi connectivity index (χ1) is 9.23. The van der Waals surface area contributed by atoms with Crippen LogP contribution in [0.5, 0.6) is 0 Å². The lowest BCUT2D eigenvalue weighted by Crippen LogP contribution is -2.61. The van der Waals surface area contributed by atoms with E-state index in [1.165, 1.54) is 12.8 Å². The van der Waals surface area contributed by atoms with Gasteiger partial charge in [0, 0.05) is 23.9 Å². The van der Waals surface area contributed by atoms with E-state index in [0.717, 1.165) is 19.3 Å². The molecule has 3 heteroatoms. The van der Waals surface area contributed by atoms with Gasteiger partial charge in [0.25, 0.3) is 0 Å². The summed E-state index contributed by atoms with van der Waals surface area (Å²) in [5.41, 5.74) is -0.423. The van der Waals surface area contributed by atoms with Crippen LogP contribution in [0.15, 0.2) is 0 Å². The molecule has 0 radical (unpaired) electrons. The summed E-state index contributed by atoms with van der Waals surface area (Å²) in [5.74, 6) is 0.348. The summed E-state index contributed by atoms with van der Waals surface area (Å²) in [5, 5.41) is 2.12. The average Bonchev–Trinajstić information content (AvgIpc) is 2.28. The van der Waals surface area contributed by atoms with Crippen LogP contribution in [0.25, 0.3) is 0 Å². The number of rotatable bonds is 7. The Hall–Kier alpha value is -0.410. The summed E-state index contributed by atoms with van der Waals surface area (Å²) in [7, 11) is 0. The fourth-order valence-corrected chi connectivity index (χ4v) is 3.43. The molecule has 1 atom stereocenters. The van der Waals surface area contributed by atoms with Crippen molar-refractivity contribution in [2.45, 2.75) is 104 Å². The lowest BCUT2D eigenvalue weighted by Gasteiger charge is -2.51. The van der Waals surface area contributed by atoms with Gasteiger partial charge in [-0.15, -0.1) is 0 Å². The van der Waals surface area contributed by atoms with Gasteiger partial charge in [-0.05, 0) is 40.5 Å². The summed E-state index contributed by atoms with van der Waals surface area (Å²) in [6, 6.07) is 0. The zero-order chi connectivity index (χ0) is 15.4. The fourth-order valence-electron chi connectivity index (χ4n) is 3.43. The van der Waals surface area contributed by atoms with Crippen molar-refractivity contribution in [2.75, 3.05) is 0 Å². The molecule has 1 heterocycles.